The number of likely N-dealkylation sites (tertiary alicyclic amines) is 1. The van der Waals surface area contributed by atoms with Gasteiger partial charge in [0.25, 0.3) is 5.91 Å². The molecule has 132 valence electrons. The molecule has 3 rings (SSSR count). The van der Waals surface area contributed by atoms with Gasteiger partial charge in [0, 0.05) is 12.1 Å². The Morgan fingerprint density at radius 2 is 1.80 bits per heavy atom. The van der Waals surface area contributed by atoms with Crippen LogP contribution >= 0.6 is 0 Å². The number of rotatable bonds is 3. The topological polar surface area (TPSA) is 40.5 Å². The molecule has 0 radical (unpaired) electrons. The zero-order valence-corrected chi connectivity index (χ0v) is 13.5. The monoisotopic (exact) mass is 349 g/mol. The second-order valence-corrected chi connectivity index (χ2v) is 6.10. The third-order valence-electron chi connectivity index (χ3n) is 4.52. The summed E-state index contributed by atoms with van der Waals surface area (Å²) in [5.41, 5.74) is 0.204. The lowest BCUT2D eigenvalue weighted by Gasteiger charge is -2.23. The predicted octanol–water partition coefficient (Wildman–Crippen LogP) is 3.97. The van der Waals surface area contributed by atoms with Crippen LogP contribution in [0.15, 0.2) is 48.5 Å². The van der Waals surface area contributed by atoms with Crippen molar-refractivity contribution in [1.82, 2.24) is 4.90 Å². The first kappa shape index (κ1) is 17.5. The zero-order chi connectivity index (χ0) is 18.0. The van der Waals surface area contributed by atoms with Gasteiger partial charge in [0.15, 0.2) is 0 Å². The second-order valence-electron chi connectivity index (χ2n) is 6.10. The number of hydrogen-bond acceptors (Lipinski definition) is 2. The van der Waals surface area contributed by atoms with Gasteiger partial charge >= 0.3 is 6.18 Å². The molecule has 1 aliphatic rings. The second kappa shape index (κ2) is 6.88. The van der Waals surface area contributed by atoms with Crippen molar-refractivity contribution >= 4 is 5.91 Å². The van der Waals surface area contributed by atoms with Crippen LogP contribution in [0.3, 0.4) is 0 Å². The Morgan fingerprint density at radius 1 is 1.12 bits per heavy atom. The van der Waals surface area contributed by atoms with Crippen molar-refractivity contribution in [2.45, 2.75) is 25.1 Å². The fourth-order valence-electron chi connectivity index (χ4n) is 3.23. The number of benzene rings is 2. The van der Waals surface area contributed by atoms with E-state index in [9.17, 15) is 23.1 Å². The molecule has 0 aromatic heterocycles. The molecule has 3 nitrogen and oxygen atoms in total. The van der Waals surface area contributed by atoms with Crippen LogP contribution in [0, 0.1) is 0 Å². The lowest BCUT2D eigenvalue weighted by Crippen LogP contribution is -2.37. The van der Waals surface area contributed by atoms with Crippen LogP contribution in [0.1, 0.15) is 28.8 Å². The highest BCUT2D eigenvalue weighted by atomic mass is 19.4. The van der Waals surface area contributed by atoms with Crippen LogP contribution in [-0.2, 0) is 6.18 Å². The summed E-state index contributed by atoms with van der Waals surface area (Å²) in [5, 5.41) is 9.33. The molecule has 1 aliphatic heterocycles. The molecule has 0 bridgehead atoms. The van der Waals surface area contributed by atoms with Crippen molar-refractivity contribution < 1.29 is 23.1 Å². The third kappa shape index (κ3) is 3.54. The lowest BCUT2D eigenvalue weighted by molar-refractivity contribution is -0.137. The SMILES string of the molecule is O=C(c1ccc(-c2ccccc2C(F)(F)F)cc1)N1CCCC1CO. The lowest BCUT2D eigenvalue weighted by atomic mass is 9.98. The van der Waals surface area contributed by atoms with Gasteiger partial charge in [0.05, 0.1) is 18.2 Å². The molecule has 1 unspecified atom stereocenters. The molecule has 0 spiro atoms. The molecule has 2 aromatic carbocycles. The summed E-state index contributed by atoms with van der Waals surface area (Å²) in [7, 11) is 0. The van der Waals surface area contributed by atoms with Gasteiger partial charge in [-0.15, -0.1) is 0 Å². The number of aliphatic hydroxyl groups excluding tert-OH is 1. The van der Waals surface area contributed by atoms with Gasteiger partial charge in [-0.05, 0) is 42.2 Å². The van der Waals surface area contributed by atoms with Gasteiger partial charge in [-0.3, -0.25) is 4.79 Å². The molecule has 1 atom stereocenters. The minimum atomic E-state index is -4.44. The van der Waals surface area contributed by atoms with Gasteiger partial charge < -0.3 is 10.0 Å². The van der Waals surface area contributed by atoms with Crippen molar-refractivity contribution in [3.05, 3.63) is 59.7 Å². The average Bonchev–Trinajstić information content (AvgIpc) is 3.09. The first-order valence-corrected chi connectivity index (χ1v) is 8.10. The molecule has 1 N–H and O–H groups in total. The highest BCUT2D eigenvalue weighted by Crippen LogP contribution is 2.37. The van der Waals surface area contributed by atoms with Gasteiger partial charge in [0.1, 0.15) is 0 Å². The molecule has 2 aromatic rings. The Hall–Kier alpha value is -2.34. The Kier molecular flexibility index (Phi) is 4.81. The van der Waals surface area contributed by atoms with Crippen molar-refractivity contribution in [3.8, 4) is 11.1 Å². The summed E-state index contributed by atoms with van der Waals surface area (Å²) in [4.78, 5) is 14.1. The summed E-state index contributed by atoms with van der Waals surface area (Å²) in [6.07, 6.45) is -2.83. The normalized spacial score (nSPS) is 17.8. The van der Waals surface area contributed by atoms with Crippen LogP contribution in [0.4, 0.5) is 13.2 Å². The highest BCUT2D eigenvalue weighted by Gasteiger charge is 2.33. The Labute approximate surface area is 143 Å². The van der Waals surface area contributed by atoms with E-state index < -0.39 is 11.7 Å². The molecule has 0 saturated carbocycles. The quantitative estimate of drug-likeness (QED) is 0.911. The van der Waals surface area contributed by atoms with Crippen molar-refractivity contribution in [1.29, 1.82) is 0 Å². The maximum absolute atomic E-state index is 13.1. The van der Waals surface area contributed by atoms with Gasteiger partial charge in [-0.25, -0.2) is 0 Å². The molecule has 0 aliphatic carbocycles. The standard InChI is InChI=1S/C19H18F3NO2/c20-19(21,22)17-6-2-1-5-16(17)13-7-9-14(10-8-13)18(25)23-11-3-4-15(23)12-24/h1-2,5-10,15,24H,3-4,11-12H2. The number of carbonyl (C=O) groups excluding carboxylic acids is 1. The number of alkyl halides is 3. The summed E-state index contributed by atoms with van der Waals surface area (Å²) >= 11 is 0. The van der Waals surface area contributed by atoms with E-state index in [-0.39, 0.29) is 24.1 Å². The number of nitrogens with zero attached hydrogens (tertiary/aromatic N) is 1. The van der Waals surface area contributed by atoms with Gasteiger partial charge in [-0.1, -0.05) is 30.3 Å². The van der Waals surface area contributed by atoms with Crippen LogP contribution in [0.25, 0.3) is 11.1 Å². The van der Waals surface area contributed by atoms with Crippen molar-refractivity contribution in [2.75, 3.05) is 13.2 Å². The summed E-state index contributed by atoms with van der Waals surface area (Å²) < 4.78 is 39.4. The molecule has 25 heavy (non-hydrogen) atoms. The summed E-state index contributed by atoms with van der Waals surface area (Å²) in [5.74, 6) is -0.202. The van der Waals surface area contributed by atoms with E-state index in [0.29, 0.717) is 17.7 Å². The predicted molar refractivity (Wildman–Crippen MR) is 88.0 cm³/mol. The maximum atomic E-state index is 13.1. The fraction of sp³-hybridized carbons (Fsp3) is 0.316. The Bertz CT molecular complexity index is 756. The van der Waals surface area contributed by atoms with E-state index >= 15 is 0 Å². The zero-order valence-electron chi connectivity index (χ0n) is 13.5. The number of halogens is 3. The Morgan fingerprint density at radius 3 is 2.44 bits per heavy atom. The largest absolute Gasteiger partial charge is 0.417 e. The van der Waals surface area contributed by atoms with E-state index in [0.717, 1.165) is 18.9 Å². The third-order valence-corrected chi connectivity index (χ3v) is 4.52. The molecular formula is C19H18F3NO2. The van der Waals surface area contributed by atoms with Gasteiger partial charge in [0.2, 0.25) is 0 Å². The van der Waals surface area contributed by atoms with Crippen LogP contribution in [0.5, 0.6) is 0 Å². The number of amides is 1. The van der Waals surface area contributed by atoms with Crippen LogP contribution < -0.4 is 0 Å². The first-order chi connectivity index (χ1) is 11.9. The van der Waals surface area contributed by atoms with E-state index in [1.807, 2.05) is 0 Å². The van der Waals surface area contributed by atoms with Crippen molar-refractivity contribution in [3.63, 3.8) is 0 Å². The first-order valence-electron chi connectivity index (χ1n) is 8.10. The maximum Gasteiger partial charge on any atom is 0.417 e. The summed E-state index contributed by atoms with van der Waals surface area (Å²) in [6, 6.07) is 11.3. The number of aliphatic hydroxyl groups is 1. The highest BCUT2D eigenvalue weighted by molar-refractivity contribution is 5.95. The average molecular weight is 349 g/mol. The minimum absolute atomic E-state index is 0.0806. The molecule has 1 amide bonds. The smallest absolute Gasteiger partial charge is 0.394 e. The van der Waals surface area contributed by atoms with Gasteiger partial charge in [-0.2, -0.15) is 13.2 Å². The Balaban J connectivity index is 1.88. The van der Waals surface area contributed by atoms with Crippen molar-refractivity contribution in [2.24, 2.45) is 0 Å². The molecule has 1 fully saturated rings. The van der Waals surface area contributed by atoms with E-state index in [1.165, 1.54) is 36.4 Å². The molecule has 6 heteroatoms. The van der Waals surface area contributed by atoms with Crippen LogP contribution in [0.2, 0.25) is 0 Å². The van der Waals surface area contributed by atoms with E-state index in [4.69, 9.17) is 0 Å². The number of carbonyl (C=O) groups is 1. The van der Waals surface area contributed by atoms with Crippen LogP contribution in [-0.4, -0.2) is 35.1 Å². The summed E-state index contributed by atoms with van der Waals surface area (Å²) in [6.45, 7) is 0.505. The number of hydrogen-bond donors (Lipinski definition) is 1. The molecule has 1 saturated heterocycles. The van der Waals surface area contributed by atoms with E-state index in [1.54, 1.807) is 11.0 Å². The molecular weight excluding hydrogens is 331 g/mol. The minimum Gasteiger partial charge on any atom is -0.394 e. The fourth-order valence-corrected chi connectivity index (χ4v) is 3.23. The van der Waals surface area contributed by atoms with E-state index in [2.05, 4.69) is 0 Å². The molecule has 1 heterocycles.